The molecule has 0 heterocycles. The number of nitrogens with two attached hydrogens (primary N) is 1. The Morgan fingerprint density at radius 3 is 2.00 bits per heavy atom. The average Bonchev–Trinajstić information content (AvgIpc) is 2.54. The van der Waals surface area contributed by atoms with Gasteiger partial charge in [-0.2, -0.15) is 13.2 Å². The zero-order valence-corrected chi connectivity index (χ0v) is 13.1. The van der Waals surface area contributed by atoms with E-state index in [0.29, 0.717) is 12.2 Å². The topological polar surface area (TPSA) is 52.3 Å². The molecule has 2 N–H and O–H groups in total. The van der Waals surface area contributed by atoms with Gasteiger partial charge in [-0.1, -0.05) is 36.4 Å². The molecule has 3 nitrogen and oxygen atoms in total. The summed E-state index contributed by atoms with van der Waals surface area (Å²) in [5.41, 5.74) is 7.49. The minimum Gasteiger partial charge on any atom is -0.466 e. The Bertz CT molecular complexity index is 679. The molecule has 0 aliphatic carbocycles. The highest BCUT2D eigenvalue weighted by Crippen LogP contribution is 2.31. The molecule has 0 aromatic heterocycles. The van der Waals surface area contributed by atoms with Crippen LogP contribution >= 0.6 is 0 Å². The van der Waals surface area contributed by atoms with E-state index in [1.54, 1.807) is 31.2 Å². The molecule has 0 radical (unpaired) electrons. The third-order valence-corrected chi connectivity index (χ3v) is 3.58. The Kier molecular flexibility index (Phi) is 5.62. The van der Waals surface area contributed by atoms with E-state index in [2.05, 4.69) is 0 Å². The monoisotopic (exact) mass is 337 g/mol. The van der Waals surface area contributed by atoms with Gasteiger partial charge in [-0.3, -0.25) is 4.79 Å². The molecule has 2 aromatic rings. The number of alkyl halides is 3. The first-order chi connectivity index (χ1) is 11.3. The maximum absolute atomic E-state index is 12.6. The number of ether oxygens (including phenoxy) is 1. The summed E-state index contributed by atoms with van der Waals surface area (Å²) < 4.78 is 42.6. The van der Waals surface area contributed by atoms with Gasteiger partial charge in [0.15, 0.2) is 0 Å². The van der Waals surface area contributed by atoms with Gasteiger partial charge in [0.1, 0.15) is 0 Å². The van der Waals surface area contributed by atoms with Gasteiger partial charge in [0.25, 0.3) is 0 Å². The van der Waals surface area contributed by atoms with E-state index in [9.17, 15) is 18.0 Å². The summed E-state index contributed by atoms with van der Waals surface area (Å²) in [5.74, 6) is -0.364. The van der Waals surface area contributed by atoms with Crippen LogP contribution in [0.4, 0.5) is 13.2 Å². The Morgan fingerprint density at radius 1 is 1.04 bits per heavy atom. The van der Waals surface area contributed by atoms with Crippen LogP contribution in [-0.4, -0.2) is 12.6 Å². The van der Waals surface area contributed by atoms with Gasteiger partial charge in [0.2, 0.25) is 0 Å². The van der Waals surface area contributed by atoms with E-state index in [4.69, 9.17) is 10.5 Å². The lowest BCUT2D eigenvalue weighted by Gasteiger charge is -2.12. The molecule has 0 aliphatic heterocycles. The van der Waals surface area contributed by atoms with Gasteiger partial charge >= 0.3 is 12.1 Å². The maximum Gasteiger partial charge on any atom is 0.416 e. The molecule has 128 valence electrons. The number of hydrogen-bond acceptors (Lipinski definition) is 3. The fourth-order valence-corrected chi connectivity index (χ4v) is 2.29. The van der Waals surface area contributed by atoms with Crippen LogP contribution in [0.5, 0.6) is 0 Å². The summed E-state index contributed by atoms with van der Waals surface area (Å²) in [7, 11) is 0. The normalized spacial score (nSPS) is 12.7. The van der Waals surface area contributed by atoms with Crippen molar-refractivity contribution in [2.45, 2.75) is 25.6 Å². The van der Waals surface area contributed by atoms with Gasteiger partial charge in [0, 0.05) is 6.04 Å². The molecule has 0 bridgehead atoms. The van der Waals surface area contributed by atoms with Crippen LogP contribution in [0, 0.1) is 0 Å². The van der Waals surface area contributed by atoms with E-state index < -0.39 is 17.8 Å². The van der Waals surface area contributed by atoms with E-state index in [1.807, 2.05) is 0 Å². The molecule has 6 heteroatoms. The molecule has 0 aliphatic rings. The molecule has 1 atom stereocenters. The van der Waals surface area contributed by atoms with Gasteiger partial charge in [0.05, 0.1) is 18.6 Å². The second-order valence-corrected chi connectivity index (χ2v) is 5.31. The highest BCUT2D eigenvalue weighted by Gasteiger charge is 2.29. The Morgan fingerprint density at radius 2 is 1.54 bits per heavy atom. The third-order valence-electron chi connectivity index (χ3n) is 3.58. The van der Waals surface area contributed by atoms with Crippen molar-refractivity contribution in [3.8, 4) is 11.1 Å². The second kappa shape index (κ2) is 7.49. The number of halogens is 3. The minimum absolute atomic E-state index is 0.0769. The molecule has 0 saturated carbocycles. The summed E-state index contributed by atoms with van der Waals surface area (Å²) >= 11 is 0. The van der Waals surface area contributed by atoms with E-state index in [-0.39, 0.29) is 12.4 Å². The number of esters is 1. The molecule has 24 heavy (non-hydrogen) atoms. The quantitative estimate of drug-likeness (QED) is 0.827. The van der Waals surface area contributed by atoms with Gasteiger partial charge in [-0.15, -0.1) is 0 Å². The first kappa shape index (κ1) is 18.0. The first-order valence-corrected chi connectivity index (χ1v) is 7.50. The van der Waals surface area contributed by atoms with Crippen molar-refractivity contribution in [3.63, 3.8) is 0 Å². The smallest absolute Gasteiger partial charge is 0.416 e. The maximum atomic E-state index is 12.6. The Hall–Kier alpha value is -2.34. The summed E-state index contributed by atoms with van der Waals surface area (Å²) in [6.07, 6.45) is -4.27. The van der Waals surface area contributed by atoms with Crippen molar-refractivity contribution >= 4 is 5.97 Å². The summed E-state index contributed by atoms with van der Waals surface area (Å²) in [6.45, 7) is 2.03. The van der Waals surface area contributed by atoms with Crippen LogP contribution in [0.2, 0.25) is 0 Å². The largest absolute Gasteiger partial charge is 0.466 e. The molecule has 0 saturated heterocycles. The molecule has 0 unspecified atom stereocenters. The molecular weight excluding hydrogens is 319 g/mol. The molecular formula is C18H18F3NO2. The fourth-order valence-electron chi connectivity index (χ4n) is 2.29. The van der Waals surface area contributed by atoms with Crippen molar-refractivity contribution < 1.29 is 22.7 Å². The van der Waals surface area contributed by atoms with Crippen LogP contribution in [0.25, 0.3) is 11.1 Å². The molecule has 2 rings (SSSR count). The Labute approximate surface area is 138 Å². The van der Waals surface area contributed by atoms with E-state index in [0.717, 1.165) is 23.3 Å². The standard InChI is InChI=1S/C18H18F3NO2/c1-2-24-17(23)11-16(22)14-5-3-12(4-6-14)13-7-9-15(10-8-13)18(19,20)21/h3-10,16H,2,11,22H2,1H3/t16-/m0/s1. The summed E-state index contributed by atoms with van der Waals surface area (Å²) in [4.78, 5) is 11.4. The second-order valence-electron chi connectivity index (χ2n) is 5.31. The van der Waals surface area contributed by atoms with Crippen LogP contribution in [-0.2, 0) is 15.7 Å². The van der Waals surface area contributed by atoms with Crippen LogP contribution in [0.1, 0.15) is 30.5 Å². The average molecular weight is 337 g/mol. The SMILES string of the molecule is CCOC(=O)C[C@H](N)c1ccc(-c2ccc(C(F)(F)F)cc2)cc1. The molecule has 0 spiro atoms. The predicted octanol–water partition coefficient (Wildman–Crippen LogP) is 4.33. The highest BCUT2D eigenvalue weighted by molar-refractivity contribution is 5.70. The zero-order chi connectivity index (χ0) is 17.7. The van der Waals surface area contributed by atoms with Crippen LogP contribution in [0.15, 0.2) is 48.5 Å². The van der Waals surface area contributed by atoms with E-state index >= 15 is 0 Å². The lowest BCUT2D eigenvalue weighted by molar-refractivity contribution is -0.143. The number of hydrogen-bond donors (Lipinski definition) is 1. The number of benzene rings is 2. The number of carbonyl (C=O) groups is 1. The lowest BCUT2D eigenvalue weighted by atomic mass is 9.99. The third kappa shape index (κ3) is 4.58. The van der Waals surface area contributed by atoms with Crippen molar-refractivity contribution in [1.82, 2.24) is 0 Å². The molecule has 0 amide bonds. The van der Waals surface area contributed by atoms with Gasteiger partial charge in [-0.25, -0.2) is 0 Å². The van der Waals surface area contributed by atoms with Crippen LogP contribution < -0.4 is 5.73 Å². The van der Waals surface area contributed by atoms with Crippen molar-refractivity contribution in [3.05, 3.63) is 59.7 Å². The number of carbonyl (C=O) groups excluding carboxylic acids is 1. The van der Waals surface area contributed by atoms with Gasteiger partial charge in [-0.05, 0) is 35.7 Å². The van der Waals surface area contributed by atoms with Crippen molar-refractivity contribution in [2.75, 3.05) is 6.61 Å². The number of rotatable bonds is 5. The molecule has 0 fully saturated rings. The Balaban J connectivity index is 2.10. The summed E-state index contributed by atoms with van der Waals surface area (Å²) in [5, 5.41) is 0. The highest BCUT2D eigenvalue weighted by atomic mass is 19.4. The first-order valence-electron chi connectivity index (χ1n) is 7.50. The summed E-state index contributed by atoms with van der Waals surface area (Å²) in [6, 6.07) is 11.5. The zero-order valence-electron chi connectivity index (χ0n) is 13.1. The van der Waals surface area contributed by atoms with E-state index in [1.165, 1.54) is 12.1 Å². The predicted molar refractivity (Wildman–Crippen MR) is 85.1 cm³/mol. The lowest BCUT2D eigenvalue weighted by Crippen LogP contribution is -2.17. The fraction of sp³-hybridized carbons (Fsp3) is 0.278. The van der Waals surface area contributed by atoms with Crippen molar-refractivity contribution in [2.24, 2.45) is 5.73 Å². The minimum atomic E-state index is -4.34. The van der Waals surface area contributed by atoms with Gasteiger partial charge < -0.3 is 10.5 Å². The molecule has 2 aromatic carbocycles. The van der Waals surface area contributed by atoms with Crippen LogP contribution in [0.3, 0.4) is 0 Å². The van der Waals surface area contributed by atoms with Crippen molar-refractivity contribution in [1.29, 1.82) is 0 Å².